The number of halogens is 3. The van der Waals surface area contributed by atoms with Gasteiger partial charge in [-0.25, -0.2) is 13.8 Å². The van der Waals surface area contributed by atoms with Gasteiger partial charge in [-0.3, -0.25) is 0 Å². The number of alkyl halides is 2. The van der Waals surface area contributed by atoms with Gasteiger partial charge < -0.3 is 0 Å². The summed E-state index contributed by atoms with van der Waals surface area (Å²) in [5, 5.41) is 8.38. The highest BCUT2D eigenvalue weighted by atomic mass is 19.3. The Balaban J connectivity index is 3.26. The molecule has 0 unspecified atom stereocenters. The lowest BCUT2D eigenvalue weighted by atomic mass is 10.1. The Morgan fingerprint density at radius 3 is 2.71 bits per heavy atom. The second-order valence-electron chi connectivity index (χ2n) is 2.75. The molecule has 1 heterocycles. The molecule has 0 aliphatic heterocycles. The molecule has 0 radical (unpaired) electrons. The summed E-state index contributed by atoms with van der Waals surface area (Å²) in [6.07, 6.45) is -2.91. The normalized spacial score (nSPS) is 10.3. The Morgan fingerprint density at radius 2 is 2.21 bits per heavy atom. The zero-order valence-electron chi connectivity index (χ0n) is 7.39. The van der Waals surface area contributed by atoms with E-state index in [2.05, 4.69) is 4.98 Å². The van der Waals surface area contributed by atoms with Crippen molar-refractivity contribution in [3.63, 3.8) is 0 Å². The van der Waals surface area contributed by atoms with E-state index >= 15 is 0 Å². The van der Waals surface area contributed by atoms with Gasteiger partial charge in [0.15, 0.2) is 0 Å². The lowest BCUT2D eigenvalue weighted by molar-refractivity contribution is 0.143. The zero-order valence-corrected chi connectivity index (χ0v) is 7.39. The summed E-state index contributed by atoms with van der Waals surface area (Å²) in [7, 11) is 0. The van der Waals surface area contributed by atoms with Crippen molar-refractivity contribution in [2.75, 3.05) is 0 Å². The quantitative estimate of drug-likeness (QED) is 0.688. The first-order valence-corrected chi connectivity index (χ1v) is 3.87. The topological polar surface area (TPSA) is 36.7 Å². The van der Waals surface area contributed by atoms with Crippen molar-refractivity contribution in [2.45, 2.75) is 19.8 Å². The average molecular weight is 200 g/mol. The van der Waals surface area contributed by atoms with E-state index in [4.69, 9.17) is 5.26 Å². The van der Waals surface area contributed by atoms with Crippen LogP contribution in [0.4, 0.5) is 13.2 Å². The first-order chi connectivity index (χ1) is 6.56. The molecular formula is C9H7F3N2. The molecule has 0 aromatic carbocycles. The molecule has 0 atom stereocenters. The van der Waals surface area contributed by atoms with E-state index in [0.717, 1.165) is 6.07 Å². The number of hydrogen-bond donors (Lipinski definition) is 0. The van der Waals surface area contributed by atoms with E-state index in [9.17, 15) is 13.2 Å². The summed E-state index contributed by atoms with van der Waals surface area (Å²) in [5.41, 5.74) is -0.145. The van der Waals surface area contributed by atoms with Gasteiger partial charge in [0.25, 0.3) is 6.43 Å². The molecule has 0 fully saturated rings. The van der Waals surface area contributed by atoms with Crippen molar-refractivity contribution in [3.05, 3.63) is 28.8 Å². The predicted octanol–water partition coefficient (Wildman–Crippen LogP) is 2.53. The van der Waals surface area contributed by atoms with Gasteiger partial charge in [-0.15, -0.1) is 0 Å². The third-order valence-electron chi connectivity index (χ3n) is 1.86. The maximum atomic E-state index is 12.7. The highest BCUT2D eigenvalue weighted by molar-refractivity contribution is 5.31. The van der Waals surface area contributed by atoms with Crippen LogP contribution in [0.5, 0.6) is 0 Å². The monoisotopic (exact) mass is 200 g/mol. The lowest BCUT2D eigenvalue weighted by Gasteiger charge is -2.07. The first-order valence-electron chi connectivity index (χ1n) is 3.87. The van der Waals surface area contributed by atoms with Crippen molar-refractivity contribution in [1.29, 1.82) is 5.26 Å². The fourth-order valence-electron chi connectivity index (χ4n) is 1.13. The second kappa shape index (κ2) is 4.09. The van der Waals surface area contributed by atoms with Crippen LogP contribution < -0.4 is 0 Å². The standard InChI is InChI=1S/C9H7F3N2/c1-5-6(2-3-13)4-7(10)14-8(5)9(11)12/h4,9H,2H2,1H3. The molecule has 0 amide bonds. The molecule has 0 aliphatic carbocycles. The Hall–Kier alpha value is -1.57. The molecule has 5 heteroatoms. The number of hydrogen-bond acceptors (Lipinski definition) is 2. The Morgan fingerprint density at radius 1 is 1.57 bits per heavy atom. The summed E-state index contributed by atoms with van der Waals surface area (Å²) < 4.78 is 37.4. The average Bonchev–Trinajstić information content (AvgIpc) is 2.10. The van der Waals surface area contributed by atoms with Crippen LogP contribution >= 0.6 is 0 Å². The van der Waals surface area contributed by atoms with Crippen molar-refractivity contribution in [1.82, 2.24) is 4.98 Å². The van der Waals surface area contributed by atoms with Gasteiger partial charge in [0.2, 0.25) is 5.95 Å². The van der Waals surface area contributed by atoms with Crippen molar-refractivity contribution in [2.24, 2.45) is 0 Å². The molecule has 0 saturated heterocycles. The molecule has 1 aromatic rings. The van der Waals surface area contributed by atoms with E-state index in [-0.39, 0.29) is 17.5 Å². The van der Waals surface area contributed by atoms with Gasteiger partial charge in [-0.1, -0.05) is 0 Å². The molecule has 0 N–H and O–H groups in total. The minimum absolute atomic E-state index is 0.0923. The maximum absolute atomic E-state index is 12.7. The minimum atomic E-state index is -2.82. The number of aromatic nitrogens is 1. The largest absolute Gasteiger partial charge is 0.280 e. The Kier molecular flexibility index (Phi) is 3.07. The van der Waals surface area contributed by atoms with Gasteiger partial charge in [0.1, 0.15) is 5.69 Å². The zero-order chi connectivity index (χ0) is 10.7. The lowest BCUT2D eigenvalue weighted by Crippen LogP contribution is -2.02. The minimum Gasteiger partial charge on any atom is -0.218 e. The van der Waals surface area contributed by atoms with Crippen LogP contribution in [0.25, 0.3) is 0 Å². The summed E-state index contributed by atoms with van der Waals surface area (Å²) in [4.78, 5) is 3.09. The number of nitriles is 1. The summed E-state index contributed by atoms with van der Waals surface area (Å²) in [5.74, 6) is -0.976. The van der Waals surface area contributed by atoms with Crippen LogP contribution in [0.15, 0.2) is 6.07 Å². The molecule has 0 bridgehead atoms. The third-order valence-corrected chi connectivity index (χ3v) is 1.86. The summed E-state index contributed by atoms with van der Waals surface area (Å²) in [6, 6.07) is 2.78. The van der Waals surface area contributed by atoms with Crippen LogP contribution in [-0.2, 0) is 6.42 Å². The van der Waals surface area contributed by atoms with Crippen LogP contribution in [-0.4, -0.2) is 4.98 Å². The Labute approximate surface area is 79.0 Å². The highest BCUT2D eigenvalue weighted by Crippen LogP contribution is 2.23. The maximum Gasteiger partial charge on any atom is 0.280 e. The fraction of sp³-hybridized carbons (Fsp3) is 0.333. The van der Waals surface area contributed by atoms with E-state index in [1.807, 2.05) is 0 Å². The first kappa shape index (κ1) is 10.5. The van der Waals surface area contributed by atoms with Gasteiger partial charge in [0, 0.05) is 0 Å². The van der Waals surface area contributed by atoms with Crippen LogP contribution in [0.1, 0.15) is 23.2 Å². The Bertz CT molecular complexity index is 382. The van der Waals surface area contributed by atoms with Crippen LogP contribution in [0.2, 0.25) is 0 Å². The van der Waals surface area contributed by atoms with Gasteiger partial charge in [-0.2, -0.15) is 9.65 Å². The molecule has 1 rings (SSSR count). The summed E-state index contributed by atoms with van der Waals surface area (Å²) >= 11 is 0. The predicted molar refractivity (Wildman–Crippen MR) is 43.2 cm³/mol. The number of nitrogens with zero attached hydrogens (tertiary/aromatic N) is 2. The molecule has 14 heavy (non-hydrogen) atoms. The van der Waals surface area contributed by atoms with Crippen molar-refractivity contribution >= 4 is 0 Å². The van der Waals surface area contributed by atoms with E-state index < -0.39 is 18.1 Å². The number of pyridine rings is 1. The summed E-state index contributed by atoms with van der Waals surface area (Å²) in [6.45, 7) is 1.40. The van der Waals surface area contributed by atoms with E-state index in [0.29, 0.717) is 0 Å². The molecule has 0 aliphatic rings. The van der Waals surface area contributed by atoms with Crippen LogP contribution in [0, 0.1) is 24.2 Å². The molecule has 2 nitrogen and oxygen atoms in total. The van der Waals surface area contributed by atoms with Crippen LogP contribution in [0.3, 0.4) is 0 Å². The van der Waals surface area contributed by atoms with Gasteiger partial charge >= 0.3 is 0 Å². The second-order valence-corrected chi connectivity index (χ2v) is 2.75. The van der Waals surface area contributed by atoms with Crippen molar-refractivity contribution < 1.29 is 13.2 Å². The van der Waals surface area contributed by atoms with Gasteiger partial charge in [0.05, 0.1) is 12.5 Å². The smallest absolute Gasteiger partial charge is 0.218 e. The highest BCUT2D eigenvalue weighted by Gasteiger charge is 2.16. The molecule has 0 spiro atoms. The fourth-order valence-corrected chi connectivity index (χ4v) is 1.13. The molecule has 1 aromatic heterocycles. The van der Waals surface area contributed by atoms with E-state index in [1.54, 1.807) is 6.07 Å². The molecule has 74 valence electrons. The molecule has 0 saturated carbocycles. The van der Waals surface area contributed by atoms with Crippen molar-refractivity contribution in [3.8, 4) is 6.07 Å². The van der Waals surface area contributed by atoms with E-state index in [1.165, 1.54) is 6.92 Å². The molecular weight excluding hydrogens is 193 g/mol. The SMILES string of the molecule is Cc1c(CC#N)cc(F)nc1C(F)F. The van der Waals surface area contributed by atoms with Gasteiger partial charge in [-0.05, 0) is 24.1 Å². The third kappa shape index (κ3) is 2.02. The number of rotatable bonds is 2.